The van der Waals surface area contributed by atoms with Gasteiger partial charge in [-0.3, -0.25) is 9.59 Å². The Morgan fingerprint density at radius 1 is 0.829 bits per heavy atom. The van der Waals surface area contributed by atoms with Crippen molar-refractivity contribution < 1.29 is 22.8 Å². The maximum Gasteiger partial charge on any atom is 0.258 e. The zero-order valence-electron chi connectivity index (χ0n) is 17.1. The number of halogens is 8. The summed E-state index contributed by atoms with van der Waals surface area (Å²) in [7, 11) is 0. The fraction of sp³-hybridized carbons (Fsp3) is 0.130. The highest BCUT2D eigenvalue weighted by Crippen LogP contribution is 2.65. The van der Waals surface area contributed by atoms with Crippen LogP contribution in [-0.2, 0) is 4.79 Å². The summed E-state index contributed by atoms with van der Waals surface area (Å²) in [6.45, 7) is 0. The van der Waals surface area contributed by atoms with Crippen molar-refractivity contribution in [1.29, 1.82) is 0 Å². The third-order valence-electron chi connectivity index (χ3n) is 5.36. The average molecular weight is 583 g/mol. The summed E-state index contributed by atoms with van der Waals surface area (Å²) in [6, 6.07) is 8.73. The van der Waals surface area contributed by atoms with Gasteiger partial charge >= 0.3 is 0 Å². The molecule has 0 aromatic heterocycles. The van der Waals surface area contributed by atoms with E-state index in [9.17, 15) is 22.8 Å². The van der Waals surface area contributed by atoms with Crippen LogP contribution in [0.5, 0.6) is 0 Å². The summed E-state index contributed by atoms with van der Waals surface area (Å²) < 4.78 is 39.7. The van der Waals surface area contributed by atoms with Gasteiger partial charge in [-0.1, -0.05) is 34.8 Å². The van der Waals surface area contributed by atoms with Crippen molar-refractivity contribution in [2.45, 2.75) is 10.3 Å². The van der Waals surface area contributed by atoms with E-state index in [1.165, 1.54) is 18.2 Å². The van der Waals surface area contributed by atoms with Gasteiger partial charge in [0, 0.05) is 17.7 Å². The molecule has 0 saturated heterocycles. The zero-order chi connectivity index (χ0) is 25.7. The minimum absolute atomic E-state index is 0.0584. The lowest BCUT2D eigenvalue weighted by Gasteiger charge is -2.10. The summed E-state index contributed by atoms with van der Waals surface area (Å²) in [6.07, 6.45) is 0. The first-order valence-electron chi connectivity index (χ1n) is 9.79. The van der Waals surface area contributed by atoms with E-state index in [4.69, 9.17) is 58.0 Å². The molecule has 0 aliphatic heterocycles. The van der Waals surface area contributed by atoms with Gasteiger partial charge < -0.3 is 10.6 Å². The first kappa shape index (κ1) is 25.9. The van der Waals surface area contributed by atoms with Crippen LogP contribution in [0.2, 0.25) is 15.1 Å². The lowest BCUT2D eigenvalue weighted by Crippen LogP contribution is -2.19. The van der Waals surface area contributed by atoms with E-state index in [2.05, 4.69) is 10.6 Å². The van der Waals surface area contributed by atoms with E-state index in [1.54, 1.807) is 0 Å². The van der Waals surface area contributed by atoms with Crippen molar-refractivity contribution in [1.82, 2.24) is 0 Å². The second-order valence-electron chi connectivity index (χ2n) is 7.69. The summed E-state index contributed by atoms with van der Waals surface area (Å²) in [5, 5.41) is 5.16. The Morgan fingerprint density at radius 2 is 1.49 bits per heavy atom. The highest BCUT2D eigenvalue weighted by atomic mass is 35.5. The smallest absolute Gasteiger partial charge is 0.258 e. The van der Waals surface area contributed by atoms with Crippen molar-refractivity contribution in [3.63, 3.8) is 0 Å². The molecule has 1 aliphatic rings. The number of benzene rings is 3. The van der Waals surface area contributed by atoms with Gasteiger partial charge in [-0.25, -0.2) is 13.2 Å². The summed E-state index contributed by atoms with van der Waals surface area (Å²) in [5.41, 5.74) is -0.281. The molecule has 2 N–H and O–H groups in total. The van der Waals surface area contributed by atoms with Gasteiger partial charge in [-0.15, -0.1) is 23.2 Å². The second kappa shape index (κ2) is 9.71. The molecule has 0 bridgehead atoms. The van der Waals surface area contributed by atoms with Crippen LogP contribution >= 0.6 is 58.0 Å². The molecule has 0 heterocycles. The molecule has 1 aliphatic carbocycles. The molecule has 35 heavy (non-hydrogen) atoms. The number of carbonyl (C=O) groups is 2. The van der Waals surface area contributed by atoms with Crippen LogP contribution in [0.1, 0.15) is 21.8 Å². The Hall–Kier alpha value is -2.16. The number of hydrogen-bond donors (Lipinski definition) is 2. The maximum absolute atomic E-state index is 14.3. The fourth-order valence-electron chi connectivity index (χ4n) is 3.60. The summed E-state index contributed by atoms with van der Waals surface area (Å²) in [4.78, 5) is 25.4. The Morgan fingerprint density at radius 3 is 2.11 bits per heavy atom. The molecule has 4 rings (SSSR count). The molecule has 3 aromatic rings. The van der Waals surface area contributed by atoms with Crippen molar-refractivity contribution in [3.05, 3.63) is 92.2 Å². The Balaban J connectivity index is 1.52. The number of nitrogens with one attached hydrogen (secondary N) is 2. The molecule has 2 amide bonds. The molecule has 12 heteroatoms. The Labute approximate surface area is 222 Å². The molecule has 4 nitrogen and oxygen atoms in total. The van der Waals surface area contributed by atoms with Crippen molar-refractivity contribution >= 4 is 81.2 Å². The highest BCUT2D eigenvalue weighted by molar-refractivity contribution is 6.54. The van der Waals surface area contributed by atoms with Crippen LogP contribution in [0, 0.1) is 23.4 Å². The van der Waals surface area contributed by atoms with Crippen molar-refractivity contribution in [2.24, 2.45) is 5.92 Å². The molecule has 0 spiro atoms. The minimum atomic E-state index is -1.48. The largest absolute Gasteiger partial charge is 0.326 e. The van der Waals surface area contributed by atoms with E-state index in [-0.39, 0.29) is 26.4 Å². The Kier molecular flexibility index (Phi) is 7.19. The van der Waals surface area contributed by atoms with E-state index < -0.39 is 51.0 Å². The fourth-order valence-corrected chi connectivity index (χ4v) is 5.04. The molecule has 1 saturated carbocycles. The minimum Gasteiger partial charge on any atom is -0.326 e. The third kappa shape index (κ3) is 5.20. The number of carbonyl (C=O) groups excluding carboxylic acids is 2. The van der Waals surface area contributed by atoms with Crippen LogP contribution < -0.4 is 10.6 Å². The predicted octanol–water partition coefficient (Wildman–Crippen LogP) is 7.84. The quantitative estimate of drug-likeness (QED) is 0.238. The molecule has 1 fully saturated rings. The highest BCUT2D eigenvalue weighted by Gasteiger charge is 2.67. The van der Waals surface area contributed by atoms with Gasteiger partial charge in [0.2, 0.25) is 5.91 Å². The van der Waals surface area contributed by atoms with E-state index in [1.807, 2.05) is 0 Å². The SMILES string of the molecule is O=C(Nc1ccc(F)cc1F)c1cc(NC(=O)C2C(c3cc(Cl)c(Cl)c(Cl)c3)C2(Cl)Cl)ccc1F. The normalized spacial score (nSPS) is 18.2. The average Bonchev–Trinajstić information content (AvgIpc) is 3.37. The molecular formula is C23H12Cl5F3N2O2. The molecule has 182 valence electrons. The van der Waals surface area contributed by atoms with Crippen molar-refractivity contribution in [3.8, 4) is 0 Å². The van der Waals surface area contributed by atoms with Gasteiger partial charge in [-0.2, -0.15) is 0 Å². The Bertz CT molecular complexity index is 1350. The molecule has 3 aromatic carbocycles. The summed E-state index contributed by atoms with van der Waals surface area (Å²) in [5.74, 6) is -6.01. The van der Waals surface area contributed by atoms with Gasteiger partial charge in [0.05, 0.1) is 32.2 Å². The molecule has 2 atom stereocenters. The number of rotatable bonds is 5. The number of alkyl halides is 2. The number of anilines is 2. The first-order chi connectivity index (χ1) is 16.4. The third-order valence-corrected chi connectivity index (χ3v) is 7.50. The van der Waals surface area contributed by atoms with Gasteiger partial charge in [0.25, 0.3) is 5.91 Å². The number of hydrogen-bond acceptors (Lipinski definition) is 2. The van der Waals surface area contributed by atoms with Crippen LogP contribution in [-0.4, -0.2) is 16.1 Å². The van der Waals surface area contributed by atoms with E-state index in [0.717, 1.165) is 24.3 Å². The van der Waals surface area contributed by atoms with Crippen LogP contribution in [0.3, 0.4) is 0 Å². The predicted molar refractivity (Wildman–Crippen MR) is 131 cm³/mol. The first-order valence-corrected chi connectivity index (χ1v) is 11.7. The van der Waals surface area contributed by atoms with Gasteiger partial charge in [-0.05, 0) is 48.0 Å². The topological polar surface area (TPSA) is 58.2 Å². The van der Waals surface area contributed by atoms with Gasteiger partial charge in [0.1, 0.15) is 21.8 Å². The lowest BCUT2D eigenvalue weighted by molar-refractivity contribution is -0.117. The van der Waals surface area contributed by atoms with Gasteiger partial charge in [0.15, 0.2) is 0 Å². The maximum atomic E-state index is 14.3. The standard InChI is InChI=1S/C23H12Cl5F3N2O2/c24-13-5-9(6-14(25)20(13)26)18-19(23(18,27)28)22(35)32-11-2-3-15(30)12(8-11)21(34)33-17-4-1-10(29)7-16(17)31/h1-8,18-19H,(H,32,35)(H,33,34). The molecule has 0 radical (unpaired) electrons. The second-order valence-corrected chi connectivity index (χ2v) is 10.3. The van der Waals surface area contributed by atoms with E-state index in [0.29, 0.717) is 11.6 Å². The van der Waals surface area contributed by atoms with Crippen LogP contribution in [0.15, 0.2) is 48.5 Å². The molecule has 2 unspecified atom stereocenters. The van der Waals surface area contributed by atoms with Crippen molar-refractivity contribution in [2.75, 3.05) is 10.6 Å². The zero-order valence-corrected chi connectivity index (χ0v) is 20.9. The molecular weight excluding hydrogens is 571 g/mol. The van der Waals surface area contributed by atoms with Crippen LogP contribution in [0.25, 0.3) is 0 Å². The lowest BCUT2D eigenvalue weighted by atomic mass is 10.1. The number of amides is 2. The summed E-state index contributed by atoms with van der Waals surface area (Å²) >= 11 is 30.8. The van der Waals surface area contributed by atoms with Crippen LogP contribution in [0.4, 0.5) is 24.5 Å². The monoisotopic (exact) mass is 580 g/mol. The van der Waals surface area contributed by atoms with E-state index >= 15 is 0 Å².